The Hall–Kier alpha value is -1.12. The fraction of sp³-hybridized carbons (Fsp3) is 1.00. The minimum Gasteiger partial charge on any atom is -0.388 e. The fourth-order valence-corrected chi connectivity index (χ4v) is 25.4. The molecule has 137 heavy (non-hydrogen) atoms. The van der Waals surface area contributed by atoms with E-state index in [0.717, 1.165) is 161 Å². The van der Waals surface area contributed by atoms with E-state index in [0.29, 0.717) is 37.5 Å². The Kier molecular flexibility index (Phi) is 48.3. The first-order chi connectivity index (χ1) is 64.9. The Labute approximate surface area is 826 Å². The van der Waals surface area contributed by atoms with E-state index in [2.05, 4.69) is 118 Å². The first kappa shape index (κ1) is 119. The van der Waals surface area contributed by atoms with E-state index < -0.39 is 139 Å². The Morgan fingerprint density at radius 2 is 0.511 bits per heavy atom. The Bertz CT molecular complexity index is 3320. The van der Waals surface area contributed by atoms with Gasteiger partial charge in [-0.2, -0.15) is 0 Å². The zero-order valence-electron chi connectivity index (χ0n) is 89.6. The van der Waals surface area contributed by atoms with Gasteiger partial charge in [0.05, 0.1) is 122 Å². The van der Waals surface area contributed by atoms with Crippen LogP contribution in [0.15, 0.2) is 0 Å². The standard InChI is InChI=1S/C28H52O7.3C27H50O7/c1-8-10-11-16(3)21-13-12-17(4)26(33-21)34-24-18(5)14-19(6)25(23(24)30)35-27-22(29)20(9-2)28(7,31)15-32-27;1-7-10-11-18-12-13-19(8-2)32-25(18)33-23-16(4)14-17(5)24(22(23)29)34-26-21(28)20(9-3)27(6,30)15-31-26;1-7-10-11-18-14-17(5)23(33-26-21(28)20(9-3)27(6,30)15-31-26)22(29)24(18)34-25-16(4)12-13-19(8-2)32-25;1-7-10-11-18-14-17(5)23(33-25-16(4)12-13-19(8-2)32-25)22(29)24(18)34-26-21(28)20(9-3)27(6,30)15-31-26/h16-27,29-31H,8-15H2,1-7H3;3*16-26,28-30H,7-15H2,1-6H3/t16?,17-,18+,19-,20-,21+,22-,23+,24?,25?,26?,27?,28+;16-,17+,18+,19+,20+,21+,22-,23?,24?,25?,26?,27-;16-,17-,18+,19-,20-,21-,22-,23?,24?,25?,26?,27+;16-,17+,18-,19-,20-,21-,22+,23?,24?,25?,26?,27+/m1011/s1. The molecule has 8 saturated heterocycles. The first-order valence-corrected chi connectivity index (χ1v) is 55.5. The van der Waals surface area contributed by atoms with Crippen LogP contribution < -0.4 is 0 Å². The maximum Gasteiger partial charge on any atom is 0.184 e. The van der Waals surface area contributed by atoms with E-state index in [1.54, 1.807) is 27.7 Å². The lowest BCUT2D eigenvalue weighted by atomic mass is 9.74. The molecule has 49 atom stereocenters. The molecule has 12 rings (SSSR count). The second kappa shape index (κ2) is 55.4. The third-order valence-electron chi connectivity index (χ3n) is 34.6. The van der Waals surface area contributed by atoms with Crippen LogP contribution >= 0.6 is 0 Å². The summed E-state index contributed by atoms with van der Waals surface area (Å²) in [6.45, 7) is 51.4. The van der Waals surface area contributed by atoms with Crippen molar-refractivity contribution in [3.8, 4) is 0 Å². The van der Waals surface area contributed by atoms with Gasteiger partial charge in [-0.15, -0.1) is 0 Å². The quantitative estimate of drug-likeness (QED) is 0.0277. The average molecular weight is 1960 g/mol. The number of hydrogen-bond acceptors (Lipinski definition) is 28. The Morgan fingerprint density at radius 1 is 0.263 bits per heavy atom. The van der Waals surface area contributed by atoms with Crippen LogP contribution in [0.3, 0.4) is 0 Å². The predicted octanol–water partition coefficient (Wildman–Crippen LogP) is 16.3. The predicted molar refractivity (Wildman–Crippen MR) is 525 cm³/mol. The van der Waals surface area contributed by atoms with Crippen LogP contribution in [0.2, 0.25) is 0 Å². The Balaban J connectivity index is 0.000000205. The molecule has 12 aliphatic rings. The van der Waals surface area contributed by atoms with Crippen LogP contribution in [-0.2, 0) is 75.8 Å². The Morgan fingerprint density at radius 3 is 0.818 bits per heavy atom. The van der Waals surface area contributed by atoms with Crippen molar-refractivity contribution in [3.05, 3.63) is 0 Å². The summed E-state index contributed by atoms with van der Waals surface area (Å²) < 4.78 is 99.7. The van der Waals surface area contributed by atoms with Crippen LogP contribution in [0.4, 0.5) is 0 Å². The van der Waals surface area contributed by atoms with Gasteiger partial charge >= 0.3 is 0 Å². The lowest BCUT2D eigenvalue weighted by molar-refractivity contribution is -0.324. The summed E-state index contributed by atoms with van der Waals surface area (Å²) in [4.78, 5) is 0. The lowest BCUT2D eigenvalue weighted by Gasteiger charge is -2.49. The molecule has 17 unspecified atom stereocenters. The van der Waals surface area contributed by atoms with Crippen molar-refractivity contribution in [1.29, 1.82) is 0 Å². The highest BCUT2D eigenvalue weighted by Crippen LogP contribution is 2.49. The zero-order chi connectivity index (χ0) is 101. The second-order valence-electron chi connectivity index (χ2n) is 46.5. The molecule has 0 radical (unpaired) electrons. The summed E-state index contributed by atoms with van der Waals surface area (Å²) in [5.41, 5.74) is -4.42. The van der Waals surface area contributed by atoms with E-state index in [1.807, 2.05) is 27.7 Å². The van der Waals surface area contributed by atoms with Gasteiger partial charge < -0.3 is 137 Å². The number of ether oxygens (including phenoxy) is 16. The first-order valence-electron chi connectivity index (χ1n) is 55.5. The molecule has 0 aromatic rings. The molecule has 0 amide bonds. The maximum absolute atomic E-state index is 11.6. The van der Waals surface area contributed by atoms with Gasteiger partial charge in [0.2, 0.25) is 0 Å². The molecular formula is C109H202O28. The van der Waals surface area contributed by atoms with Crippen LogP contribution in [0.5, 0.6) is 0 Å². The topological polar surface area (TPSA) is 390 Å². The molecule has 8 heterocycles. The van der Waals surface area contributed by atoms with Crippen molar-refractivity contribution in [1.82, 2.24) is 0 Å². The average Bonchev–Trinajstić information content (AvgIpc) is 0.787. The van der Waals surface area contributed by atoms with Gasteiger partial charge in [0.15, 0.2) is 50.3 Å². The summed E-state index contributed by atoms with van der Waals surface area (Å²) in [5.74, 6) is 1.32. The van der Waals surface area contributed by atoms with E-state index in [4.69, 9.17) is 75.8 Å². The molecule has 28 heteroatoms. The maximum atomic E-state index is 11.6. The van der Waals surface area contributed by atoms with Crippen molar-refractivity contribution in [2.75, 3.05) is 26.4 Å². The van der Waals surface area contributed by atoms with E-state index in [9.17, 15) is 61.3 Å². The van der Waals surface area contributed by atoms with Gasteiger partial charge in [0.25, 0.3) is 0 Å². The minimum atomic E-state index is -1.11. The monoisotopic (exact) mass is 1960 g/mol. The molecule has 28 nitrogen and oxygen atoms in total. The highest BCUT2D eigenvalue weighted by molar-refractivity contribution is 5.03. The lowest BCUT2D eigenvalue weighted by Crippen LogP contribution is -2.60. The largest absolute Gasteiger partial charge is 0.388 e. The van der Waals surface area contributed by atoms with E-state index >= 15 is 0 Å². The molecular weight excluding hydrogens is 1760 g/mol. The highest BCUT2D eigenvalue weighted by Gasteiger charge is 2.58. The van der Waals surface area contributed by atoms with Crippen LogP contribution in [0.25, 0.3) is 0 Å². The minimum absolute atomic E-state index is 0.0738. The third kappa shape index (κ3) is 31.1. The normalized spacial score (nSPS) is 48.1. The molecule has 0 aromatic carbocycles. The molecule has 0 spiro atoms. The smallest absolute Gasteiger partial charge is 0.184 e. The van der Waals surface area contributed by atoms with Crippen LogP contribution in [0.1, 0.15) is 372 Å². The fourth-order valence-electron chi connectivity index (χ4n) is 25.4. The number of aliphatic hydroxyl groups excluding tert-OH is 8. The van der Waals surface area contributed by atoms with Gasteiger partial charge in [-0.3, -0.25) is 0 Å². The van der Waals surface area contributed by atoms with Crippen molar-refractivity contribution >= 4 is 0 Å². The summed E-state index contributed by atoms with van der Waals surface area (Å²) in [6.07, 6.45) is 15.4. The van der Waals surface area contributed by atoms with Crippen molar-refractivity contribution in [3.63, 3.8) is 0 Å². The van der Waals surface area contributed by atoms with Crippen molar-refractivity contribution in [2.24, 2.45) is 101 Å². The van der Waals surface area contributed by atoms with Gasteiger partial charge in [0.1, 0.15) is 48.8 Å². The van der Waals surface area contributed by atoms with Crippen molar-refractivity contribution < 1.29 is 137 Å². The van der Waals surface area contributed by atoms with Gasteiger partial charge in [0, 0.05) is 47.3 Å². The van der Waals surface area contributed by atoms with Gasteiger partial charge in [-0.05, 0) is 229 Å². The zero-order valence-corrected chi connectivity index (χ0v) is 89.6. The molecule has 806 valence electrons. The van der Waals surface area contributed by atoms with Crippen LogP contribution in [-0.4, -0.2) is 283 Å². The summed E-state index contributed by atoms with van der Waals surface area (Å²) >= 11 is 0. The van der Waals surface area contributed by atoms with E-state index in [-0.39, 0.29) is 171 Å². The number of aliphatic hydroxyl groups is 12. The molecule has 8 aliphatic heterocycles. The van der Waals surface area contributed by atoms with Gasteiger partial charge in [-0.25, -0.2) is 0 Å². The third-order valence-corrected chi connectivity index (χ3v) is 34.6. The van der Waals surface area contributed by atoms with Crippen molar-refractivity contribution in [2.45, 2.75) is 567 Å². The molecule has 4 aliphatic carbocycles. The number of unbranched alkanes of at least 4 members (excludes halogenated alkanes) is 4. The highest BCUT2D eigenvalue weighted by atomic mass is 16.7. The molecule has 0 bridgehead atoms. The summed E-state index contributed by atoms with van der Waals surface area (Å²) in [7, 11) is 0. The number of rotatable bonds is 36. The van der Waals surface area contributed by atoms with Gasteiger partial charge in [-0.1, -0.05) is 197 Å². The number of hydrogen-bond donors (Lipinski definition) is 12. The summed E-state index contributed by atoms with van der Waals surface area (Å²) in [5, 5.41) is 132. The summed E-state index contributed by atoms with van der Waals surface area (Å²) in [6, 6.07) is 0. The molecule has 0 aromatic heterocycles. The molecule has 12 N–H and O–H groups in total. The molecule has 12 fully saturated rings. The van der Waals surface area contributed by atoms with Crippen LogP contribution in [0, 0.1) is 101 Å². The SMILES string of the molecule is CCCCC(C)[C@@H]1CC[C@@H](C)C(OC2[C@H](O)C(OC3OC[C@](C)(O)[C@H](CC)[C@H]3O)[C@H](C)C[C@@H]2C)O1.CCCC[C@@H]1CC[C@@H](CC)OC1OC1[C@H](O)C(OC2OC[C@](C)(O)[C@H](CC)[C@H]2O)[C@H](C)C[C@@H]1C.CCCC[C@@H]1C[C@H](C)C(OC2O[C@H](CC)CC[C@H]2C)[C@H](O)C1OC1OC[C@](C)(O)[C@H](CC)[C@H]1O.CCCC[C@H]1C[C@@H](C)C(OC2OC[C@](C)(O)[C@H](CC)[C@H]2O)[C@@H](O)C1OC1O[C@H](CC)CC[C@H]1C. The second-order valence-corrected chi connectivity index (χ2v) is 46.5. The molecule has 4 saturated carbocycles. The van der Waals surface area contributed by atoms with E-state index in [1.165, 1.54) is 12.8 Å².